The minimum absolute atomic E-state index is 0.0734. The predicted octanol–water partition coefficient (Wildman–Crippen LogP) is 3.44. The SMILES string of the molecule is CC(C)(C)[Si](C)(C)OCC1=CC(=O)O[C@@H]1[C@@H](O)COCc1ccccc1. The van der Waals surface area contributed by atoms with E-state index in [2.05, 4.69) is 33.9 Å². The highest BCUT2D eigenvalue weighted by molar-refractivity contribution is 6.74. The van der Waals surface area contributed by atoms with Crippen molar-refractivity contribution in [3.63, 3.8) is 0 Å². The molecule has 2 atom stereocenters. The predicted molar refractivity (Wildman–Crippen MR) is 103 cm³/mol. The molecule has 1 aliphatic heterocycles. The maximum absolute atomic E-state index is 11.7. The van der Waals surface area contributed by atoms with Crippen LogP contribution in [0.5, 0.6) is 0 Å². The van der Waals surface area contributed by atoms with Crippen molar-refractivity contribution in [2.24, 2.45) is 0 Å². The standard InChI is InChI=1S/C20H30O5Si/c1-20(2,3)26(4,5)24-13-16-11-18(22)25-19(16)17(21)14-23-12-15-9-7-6-8-10-15/h6-11,17,19,21H,12-14H2,1-5H3/t17-,19-/m0/s1. The molecule has 26 heavy (non-hydrogen) atoms. The molecule has 0 aliphatic carbocycles. The van der Waals surface area contributed by atoms with E-state index in [1.54, 1.807) is 0 Å². The molecule has 0 spiro atoms. The topological polar surface area (TPSA) is 65.0 Å². The van der Waals surface area contributed by atoms with E-state index < -0.39 is 26.5 Å². The Balaban J connectivity index is 1.89. The monoisotopic (exact) mass is 378 g/mol. The first-order valence-corrected chi connectivity index (χ1v) is 11.9. The van der Waals surface area contributed by atoms with Gasteiger partial charge in [-0.25, -0.2) is 4.79 Å². The summed E-state index contributed by atoms with van der Waals surface area (Å²) in [6, 6.07) is 9.73. The second kappa shape index (κ2) is 8.48. The molecule has 1 aliphatic rings. The summed E-state index contributed by atoms with van der Waals surface area (Å²) in [4.78, 5) is 11.7. The van der Waals surface area contributed by atoms with Crippen molar-refractivity contribution < 1.29 is 23.8 Å². The van der Waals surface area contributed by atoms with Crippen LogP contribution in [0.15, 0.2) is 42.0 Å². The third-order valence-electron chi connectivity index (χ3n) is 5.07. The molecule has 6 heteroatoms. The molecule has 2 rings (SSSR count). The van der Waals surface area contributed by atoms with E-state index in [1.165, 1.54) is 6.08 Å². The fourth-order valence-corrected chi connectivity index (χ4v) is 3.32. The summed E-state index contributed by atoms with van der Waals surface area (Å²) in [7, 11) is -1.95. The van der Waals surface area contributed by atoms with Gasteiger partial charge in [-0.1, -0.05) is 51.1 Å². The number of cyclic esters (lactones) is 1. The van der Waals surface area contributed by atoms with Gasteiger partial charge in [-0.05, 0) is 23.7 Å². The lowest BCUT2D eigenvalue weighted by molar-refractivity contribution is -0.145. The Morgan fingerprint density at radius 2 is 1.85 bits per heavy atom. The molecule has 1 N–H and O–H groups in total. The van der Waals surface area contributed by atoms with Crippen LogP contribution < -0.4 is 0 Å². The normalized spacial score (nSPS) is 19.2. The minimum Gasteiger partial charge on any atom is -0.452 e. The number of rotatable bonds is 8. The van der Waals surface area contributed by atoms with E-state index in [4.69, 9.17) is 13.9 Å². The van der Waals surface area contributed by atoms with Crippen LogP contribution in [0.25, 0.3) is 0 Å². The maximum Gasteiger partial charge on any atom is 0.331 e. The Bertz CT molecular complexity index is 633. The molecule has 0 saturated carbocycles. The first-order valence-electron chi connectivity index (χ1n) is 8.95. The van der Waals surface area contributed by atoms with Crippen molar-refractivity contribution in [2.45, 2.75) is 57.7 Å². The summed E-state index contributed by atoms with van der Waals surface area (Å²) in [5.41, 5.74) is 1.70. The van der Waals surface area contributed by atoms with E-state index in [-0.39, 0.29) is 11.6 Å². The lowest BCUT2D eigenvalue weighted by Crippen LogP contribution is -2.42. The second-order valence-electron chi connectivity index (χ2n) is 8.19. The van der Waals surface area contributed by atoms with Gasteiger partial charge in [0.1, 0.15) is 6.10 Å². The average Bonchev–Trinajstić information content (AvgIpc) is 2.94. The van der Waals surface area contributed by atoms with Gasteiger partial charge in [-0.2, -0.15) is 0 Å². The second-order valence-corrected chi connectivity index (χ2v) is 13.0. The molecule has 0 saturated heterocycles. The summed E-state index contributed by atoms with van der Waals surface area (Å²) >= 11 is 0. The van der Waals surface area contributed by atoms with Crippen LogP contribution in [0.3, 0.4) is 0 Å². The Hall–Kier alpha value is -1.47. The third-order valence-corrected chi connectivity index (χ3v) is 9.55. The van der Waals surface area contributed by atoms with Gasteiger partial charge >= 0.3 is 5.97 Å². The van der Waals surface area contributed by atoms with Crippen LogP contribution in [0.1, 0.15) is 26.3 Å². The van der Waals surface area contributed by atoms with Crippen molar-refractivity contribution in [2.75, 3.05) is 13.2 Å². The lowest BCUT2D eigenvalue weighted by Gasteiger charge is -2.36. The fourth-order valence-electron chi connectivity index (χ4n) is 2.36. The molecular formula is C20H30O5Si. The van der Waals surface area contributed by atoms with Crippen LogP contribution in [-0.2, 0) is 25.3 Å². The van der Waals surface area contributed by atoms with Crippen LogP contribution in [0, 0.1) is 0 Å². The number of carbonyl (C=O) groups is 1. The van der Waals surface area contributed by atoms with E-state index >= 15 is 0 Å². The lowest BCUT2D eigenvalue weighted by atomic mass is 10.1. The molecule has 0 fully saturated rings. The van der Waals surface area contributed by atoms with Gasteiger partial charge in [0.2, 0.25) is 0 Å². The Morgan fingerprint density at radius 3 is 2.46 bits per heavy atom. The molecule has 144 valence electrons. The van der Waals surface area contributed by atoms with Crippen LogP contribution in [-0.4, -0.2) is 44.8 Å². The number of carbonyl (C=O) groups excluding carboxylic acids is 1. The Labute approximate surface area is 157 Å². The first-order chi connectivity index (χ1) is 12.1. The quantitative estimate of drug-likeness (QED) is 0.554. The van der Waals surface area contributed by atoms with Crippen molar-refractivity contribution in [1.29, 1.82) is 0 Å². The van der Waals surface area contributed by atoms with Crippen LogP contribution in [0.4, 0.5) is 0 Å². The number of ether oxygens (including phenoxy) is 2. The largest absolute Gasteiger partial charge is 0.452 e. The van der Waals surface area contributed by atoms with Crippen molar-refractivity contribution in [3.05, 3.63) is 47.5 Å². The zero-order chi connectivity index (χ0) is 19.4. The molecule has 1 aromatic rings. The maximum atomic E-state index is 11.7. The Morgan fingerprint density at radius 1 is 1.19 bits per heavy atom. The molecule has 0 radical (unpaired) electrons. The number of hydrogen-bond acceptors (Lipinski definition) is 5. The number of benzene rings is 1. The summed E-state index contributed by atoms with van der Waals surface area (Å²) in [5, 5.41) is 10.5. The Kier molecular flexibility index (Phi) is 6.79. The average molecular weight is 379 g/mol. The molecule has 0 unspecified atom stereocenters. The van der Waals surface area contributed by atoms with E-state index in [9.17, 15) is 9.90 Å². The molecule has 0 amide bonds. The smallest absolute Gasteiger partial charge is 0.331 e. The van der Waals surface area contributed by atoms with E-state index in [1.807, 2.05) is 30.3 Å². The van der Waals surface area contributed by atoms with Crippen LogP contribution >= 0.6 is 0 Å². The van der Waals surface area contributed by atoms with Gasteiger partial charge in [0, 0.05) is 11.6 Å². The minimum atomic E-state index is -1.95. The van der Waals surface area contributed by atoms with Gasteiger partial charge in [0.25, 0.3) is 0 Å². The summed E-state index contributed by atoms with van der Waals surface area (Å²) in [6.07, 6.45) is -0.194. The fraction of sp³-hybridized carbons (Fsp3) is 0.550. The van der Waals surface area contributed by atoms with Crippen molar-refractivity contribution in [1.82, 2.24) is 0 Å². The molecule has 5 nitrogen and oxygen atoms in total. The van der Waals surface area contributed by atoms with Crippen LogP contribution in [0.2, 0.25) is 18.1 Å². The number of hydrogen-bond donors (Lipinski definition) is 1. The van der Waals surface area contributed by atoms with Gasteiger partial charge in [-0.3, -0.25) is 0 Å². The molecule has 0 bridgehead atoms. The van der Waals surface area contributed by atoms with Gasteiger partial charge < -0.3 is 19.0 Å². The van der Waals surface area contributed by atoms with E-state index in [0.29, 0.717) is 18.8 Å². The molecular weight excluding hydrogens is 348 g/mol. The zero-order valence-corrected chi connectivity index (χ0v) is 17.3. The summed E-state index contributed by atoms with van der Waals surface area (Å²) in [6.45, 7) is 11.6. The third kappa shape index (κ3) is 5.51. The van der Waals surface area contributed by atoms with Gasteiger partial charge in [0.05, 0.1) is 19.8 Å². The highest BCUT2D eigenvalue weighted by Gasteiger charge is 2.39. The molecule has 1 aromatic carbocycles. The summed E-state index contributed by atoms with van der Waals surface area (Å²) in [5.74, 6) is -0.439. The van der Waals surface area contributed by atoms with Crippen molar-refractivity contribution in [3.8, 4) is 0 Å². The number of aliphatic hydroxyl groups excluding tert-OH is 1. The van der Waals surface area contributed by atoms with Crippen molar-refractivity contribution >= 4 is 14.3 Å². The van der Waals surface area contributed by atoms with E-state index in [0.717, 1.165) is 5.56 Å². The number of aliphatic hydroxyl groups is 1. The van der Waals surface area contributed by atoms with Gasteiger partial charge in [-0.15, -0.1) is 0 Å². The first kappa shape index (κ1) is 20.8. The highest BCUT2D eigenvalue weighted by atomic mass is 28.4. The molecule has 1 heterocycles. The summed E-state index contributed by atoms with van der Waals surface area (Å²) < 4.78 is 17.0. The zero-order valence-electron chi connectivity index (χ0n) is 16.3. The number of esters is 1. The highest BCUT2D eigenvalue weighted by Crippen LogP contribution is 2.37. The van der Waals surface area contributed by atoms with Gasteiger partial charge in [0.15, 0.2) is 14.4 Å². The molecule has 0 aromatic heterocycles.